The Hall–Kier alpha value is -0.910. The van der Waals surface area contributed by atoms with Crippen molar-refractivity contribution in [3.63, 3.8) is 0 Å². The second-order valence-electron chi connectivity index (χ2n) is 13.5. The monoisotopic (exact) mass is 593 g/mol. The summed E-state index contributed by atoms with van der Waals surface area (Å²) >= 11 is 0. The molecule has 42 heavy (non-hydrogen) atoms. The SMILES string of the molecule is CCCCCCCCCCCCCCCC[C@H](O)[C@@H]1CC[C@H]([C@H](O)CCCCCCCCCCC2=CC(C)OC2=O)O1. The highest BCUT2D eigenvalue weighted by molar-refractivity contribution is 5.90. The van der Waals surface area contributed by atoms with Gasteiger partial charge >= 0.3 is 5.97 Å². The fourth-order valence-corrected chi connectivity index (χ4v) is 6.72. The van der Waals surface area contributed by atoms with Crippen LogP contribution in [0.15, 0.2) is 11.6 Å². The lowest BCUT2D eigenvalue weighted by atomic mass is 10.00. The molecule has 0 spiro atoms. The minimum atomic E-state index is -0.400. The van der Waals surface area contributed by atoms with Crippen LogP contribution < -0.4 is 0 Å². The lowest BCUT2D eigenvalue weighted by molar-refractivity contribution is -0.139. The molecule has 5 atom stereocenters. The molecule has 0 aliphatic carbocycles. The fraction of sp³-hybridized carbons (Fsp3) is 0.919. The molecule has 246 valence electrons. The van der Waals surface area contributed by atoms with Crippen LogP contribution in [0.1, 0.15) is 187 Å². The second kappa shape index (κ2) is 24.4. The lowest BCUT2D eigenvalue weighted by Gasteiger charge is -2.22. The molecule has 0 saturated carbocycles. The number of carbonyl (C=O) groups is 1. The molecule has 2 aliphatic rings. The highest BCUT2D eigenvalue weighted by Crippen LogP contribution is 2.28. The van der Waals surface area contributed by atoms with Gasteiger partial charge in [-0.15, -0.1) is 0 Å². The van der Waals surface area contributed by atoms with Gasteiger partial charge in [0.05, 0.1) is 24.4 Å². The number of aliphatic hydroxyl groups is 2. The molecular weight excluding hydrogens is 524 g/mol. The molecule has 1 unspecified atom stereocenters. The summed E-state index contributed by atoms with van der Waals surface area (Å²) in [6.45, 7) is 4.19. The van der Waals surface area contributed by atoms with Crippen LogP contribution in [0.2, 0.25) is 0 Å². The molecule has 0 aromatic rings. The van der Waals surface area contributed by atoms with Gasteiger partial charge in [0, 0.05) is 5.57 Å². The quantitative estimate of drug-likeness (QED) is 0.0698. The van der Waals surface area contributed by atoms with Gasteiger partial charge in [0.25, 0.3) is 0 Å². The number of hydrogen-bond donors (Lipinski definition) is 2. The van der Waals surface area contributed by atoms with Crippen molar-refractivity contribution in [1.29, 1.82) is 0 Å². The van der Waals surface area contributed by atoms with E-state index in [1.54, 1.807) is 0 Å². The normalized spacial score (nSPS) is 22.0. The van der Waals surface area contributed by atoms with Crippen LogP contribution in [0.5, 0.6) is 0 Å². The third-order valence-electron chi connectivity index (χ3n) is 9.48. The number of esters is 1. The lowest BCUT2D eigenvalue weighted by Crippen LogP contribution is -2.31. The second-order valence-corrected chi connectivity index (χ2v) is 13.5. The molecule has 0 aromatic heterocycles. The standard InChI is InChI=1S/C37H68O5/c1-3-4-5-6-7-8-9-10-11-12-13-17-20-23-26-33(38)35-28-29-36(42-35)34(39)27-24-21-18-15-14-16-19-22-25-32-30-31(2)41-37(32)40/h30-31,33-36,38-39H,3-29H2,1-2H3/t31?,33-,34+,35-,36+/m0/s1. The molecule has 0 amide bonds. The van der Waals surface area contributed by atoms with E-state index in [2.05, 4.69) is 6.92 Å². The van der Waals surface area contributed by atoms with Gasteiger partial charge in [-0.3, -0.25) is 0 Å². The smallest absolute Gasteiger partial charge is 0.334 e. The van der Waals surface area contributed by atoms with Crippen molar-refractivity contribution in [2.24, 2.45) is 0 Å². The Bertz CT molecular complexity index is 692. The van der Waals surface area contributed by atoms with Crippen LogP contribution in [-0.2, 0) is 14.3 Å². The molecule has 1 fully saturated rings. The number of ether oxygens (including phenoxy) is 2. The third kappa shape index (κ3) is 17.4. The summed E-state index contributed by atoms with van der Waals surface area (Å²) in [5, 5.41) is 21.3. The van der Waals surface area contributed by atoms with Crippen molar-refractivity contribution >= 4 is 5.97 Å². The van der Waals surface area contributed by atoms with E-state index in [-0.39, 0.29) is 30.4 Å². The maximum absolute atomic E-state index is 11.6. The van der Waals surface area contributed by atoms with Crippen LogP contribution in [0.4, 0.5) is 0 Å². The molecule has 2 aliphatic heterocycles. The third-order valence-corrected chi connectivity index (χ3v) is 9.48. The summed E-state index contributed by atoms with van der Waals surface area (Å²) in [5.41, 5.74) is 0.859. The van der Waals surface area contributed by atoms with Crippen LogP contribution in [0.3, 0.4) is 0 Å². The van der Waals surface area contributed by atoms with Gasteiger partial charge in [0.1, 0.15) is 6.10 Å². The van der Waals surface area contributed by atoms with Crippen LogP contribution in [0, 0.1) is 0 Å². The number of rotatable bonds is 28. The van der Waals surface area contributed by atoms with E-state index in [4.69, 9.17) is 9.47 Å². The number of hydrogen-bond acceptors (Lipinski definition) is 5. The average molecular weight is 593 g/mol. The van der Waals surface area contributed by atoms with Crippen molar-refractivity contribution in [2.45, 2.75) is 218 Å². The number of unbranched alkanes of at least 4 members (excludes halogenated alkanes) is 20. The maximum Gasteiger partial charge on any atom is 0.334 e. The van der Waals surface area contributed by atoms with Crippen molar-refractivity contribution in [3.05, 3.63) is 11.6 Å². The topological polar surface area (TPSA) is 76.0 Å². The summed E-state index contributed by atoms with van der Waals surface area (Å²) in [4.78, 5) is 11.6. The van der Waals surface area contributed by atoms with Gasteiger partial charge in [-0.25, -0.2) is 4.79 Å². The van der Waals surface area contributed by atoms with Crippen molar-refractivity contribution in [1.82, 2.24) is 0 Å². The molecule has 1 saturated heterocycles. The van der Waals surface area contributed by atoms with E-state index in [9.17, 15) is 15.0 Å². The van der Waals surface area contributed by atoms with Gasteiger partial charge in [-0.05, 0) is 51.5 Å². The van der Waals surface area contributed by atoms with E-state index >= 15 is 0 Å². The minimum absolute atomic E-state index is 0.0528. The molecule has 2 heterocycles. The van der Waals surface area contributed by atoms with Crippen molar-refractivity contribution in [2.75, 3.05) is 0 Å². The molecule has 5 heteroatoms. The van der Waals surface area contributed by atoms with E-state index in [1.807, 2.05) is 13.0 Å². The molecule has 0 aromatic carbocycles. The Morgan fingerprint density at radius 3 is 1.40 bits per heavy atom. The molecular formula is C37H68O5. The van der Waals surface area contributed by atoms with Gasteiger partial charge in [-0.1, -0.05) is 142 Å². The highest BCUT2D eigenvalue weighted by atomic mass is 16.5. The summed E-state index contributed by atoms with van der Waals surface area (Å²) in [7, 11) is 0. The molecule has 5 nitrogen and oxygen atoms in total. The first-order chi connectivity index (χ1) is 20.5. The largest absolute Gasteiger partial charge is 0.455 e. The zero-order chi connectivity index (χ0) is 30.3. The van der Waals surface area contributed by atoms with E-state index in [0.29, 0.717) is 0 Å². The molecule has 0 radical (unpaired) electrons. The zero-order valence-corrected chi connectivity index (χ0v) is 27.7. The average Bonchev–Trinajstić information content (AvgIpc) is 3.60. The predicted molar refractivity (Wildman–Crippen MR) is 175 cm³/mol. The number of aliphatic hydroxyl groups excluding tert-OH is 2. The van der Waals surface area contributed by atoms with E-state index in [0.717, 1.165) is 63.4 Å². The van der Waals surface area contributed by atoms with Gasteiger partial charge in [0.2, 0.25) is 0 Å². The van der Waals surface area contributed by atoms with Crippen LogP contribution in [0.25, 0.3) is 0 Å². The summed E-state index contributed by atoms with van der Waals surface area (Å²) in [5.74, 6) is -0.125. The summed E-state index contributed by atoms with van der Waals surface area (Å²) in [6.07, 6.45) is 33.4. The fourth-order valence-electron chi connectivity index (χ4n) is 6.72. The Kier molecular flexibility index (Phi) is 21.7. The Morgan fingerprint density at radius 2 is 1.02 bits per heavy atom. The van der Waals surface area contributed by atoms with Crippen molar-refractivity contribution < 1.29 is 24.5 Å². The van der Waals surface area contributed by atoms with Crippen LogP contribution in [-0.4, -0.2) is 46.7 Å². The van der Waals surface area contributed by atoms with Crippen LogP contribution >= 0.6 is 0 Å². The Balaban J connectivity index is 1.34. The summed E-state index contributed by atoms with van der Waals surface area (Å²) in [6, 6.07) is 0. The first kappa shape index (κ1) is 37.3. The van der Waals surface area contributed by atoms with E-state index in [1.165, 1.54) is 116 Å². The summed E-state index contributed by atoms with van der Waals surface area (Å²) < 4.78 is 11.3. The van der Waals surface area contributed by atoms with E-state index < -0.39 is 6.10 Å². The first-order valence-corrected chi connectivity index (χ1v) is 18.4. The highest BCUT2D eigenvalue weighted by Gasteiger charge is 2.34. The number of cyclic esters (lactones) is 1. The molecule has 0 bridgehead atoms. The first-order valence-electron chi connectivity index (χ1n) is 18.4. The molecule has 2 N–H and O–H groups in total. The van der Waals surface area contributed by atoms with Crippen molar-refractivity contribution in [3.8, 4) is 0 Å². The Labute approximate surface area is 259 Å². The number of carbonyl (C=O) groups excluding carboxylic acids is 1. The van der Waals surface area contributed by atoms with Gasteiger partial charge < -0.3 is 19.7 Å². The van der Waals surface area contributed by atoms with Gasteiger partial charge in [0.15, 0.2) is 0 Å². The minimum Gasteiger partial charge on any atom is -0.455 e. The Morgan fingerprint density at radius 1 is 0.643 bits per heavy atom. The zero-order valence-electron chi connectivity index (χ0n) is 27.7. The van der Waals surface area contributed by atoms with Gasteiger partial charge in [-0.2, -0.15) is 0 Å². The predicted octanol–water partition coefficient (Wildman–Crippen LogP) is 9.90. The molecule has 2 rings (SSSR count). The maximum atomic E-state index is 11.6.